The molecule has 1 aliphatic rings. The van der Waals surface area contributed by atoms with Crippen molar-refractivity contribution in [3.63, 3.8) is 0 Å². The van der Waals surface area contributed by atoms with Gasteiger partial charge in [0.05, 0.1) is 28.4 Å². The number of ether oxygens (including phenoxy) is 1. The first-order valence-corrected chi connectivity index (χ1v) is 8.87. The van der Waals surface area contributed by atoms with E-state index in [1.165, 1.54) is 17.4 Å². The van der Waals surface area contributed by atoms with E-state index in [0.717, 1.165) is 40.9 Å². The van der Waals surface area contributed by atoms with Crippen molar-refractivity contribution in [2.45, 2.75) is 4.34 Å². The molecule has 0 atom stereocenters. The minimum atomic E-state index is -0.380. The number of rotatable bonds is 4. The number of nitrogens with zero attached hydrogens (tertiary/aromatic N) is 3. The number of hydrogen-bond donors (Lipinski definition) is 0. The normalized spacial score (nSPS) is 16.6. The van der Waals surface area contributed by atoms with Gasteiger partial charge in [-0.05, 0) is 27.8 Å². The molecule has 0 N–H and O–H groups in total. The van der Waals surface area contributed by atoms with E-state index in [1.54, 1.807) is 33.9 Å². The van der Waals surface area contributed by atoms with Gasteiger partial charge >= 0.3 is 0 Å². The second-order valence-electron chi connectivity index (χ2n) is 4.09. The van der Waals surface area contributed by atoms with Crippen molar-refractivity contribution in [1.29, 1.82) is 0 Å². The van der Waals surface area contributed by atoms with E-state index in [4.69, 9.17) is 4.74 Å². The first-order valence-electron chi connectivity index (χ1n) is 5.95. The SMILES string of the molecule is O=[N+]([O-])c1ccc2nc(SSN3CCOCC3)sc2c1. The van der Waals surface area contributed by atoms with Crippen LogP contribution >= 0.6 is 33.1 Å². The minimum absolute atomic E-state index is 0.110. The fourth-order valence-corrected chi connectivity index (χ4v) is 5.13. The molecule has 2 heterocycles. The number of non-ortho nitro benzene ring substituents is 1. The van der Waals surface area contributed by atoms with Gasteiger partial charge in [0, 0.05) is 25.2 Å². The summed E-state index contributed by atoms with van der Waals surface area (Å²) in [5, 5.41) is 10.7. The third-order valence-electron chi connectivity index (χ3n) is 2.75. The molecule has 6 nitrogen and oxygen atoms in total. The fraction of sp³-hybridized carbons (Fsp3) is 0.364. The van der Waals surface area contributed by atoms with E-state index < -0.39 is 0 Å². The van der Waals surface area contributed by atoms with Crippen molar-refractivity contribution >= 4 is 49.0 Å². The molecule has 9 heteroatoms. The van der Waals surface area contributed by atoms with E-state index >= 15 is 0 Å². The van der Waals surface area contributed by atoms with Crippen LogP contribution in [-0.4, -0.2) is 40.5 Å². The number of fused-ring (bicyclic) bond motifs is 1. The molecule has 2 aromatic rings. The highest BCUT2D eigenvalue weighted by molar-refractivity contribution is 8.76. The maximum absolute atomic E-state index is 10.7. The van der Waals surface area contributed by atoms with E-state index in [2.05, 4.69) is 9.29 Å². The molecule has 0 aliphatic carbocycles. The molecule has 3 rings (SSSR count). The van der Waals surface area contributed by atoms with Crippen molar-refractivity contribution in [2.24, 2.45) is 0 Å². The van der Waals surface area contributed by atoms with E-state index in [0.29, 0.717) is 0 Å². The predicted molar refractivity (Wildman–Crippen MR) is 82.1 cm³/mol. The zero-order chi connectivity index (χ0) is 13.9. The number of hydrogen-bond acceptors (Lipinski definition) is 8. The summed E-state index contributed by atoms with van der Waals surface area (Å²) >= 11 is 1.49. The Labute approximate surface area is 127 Å². The molecular weight excluding hydrogens is 318 g/mol. The van der Waals surface area contributed by atoms with Gasteiger partial charge in [-0.25, -0.2) is 9.29 Å². The van der Waals surface area contributed by atoms with Crippen LogP contribution in [0.3, 0.4) is 0 Å². The number of nitro benzene ring substituents is 1. The molecule has 0 saturated carbocycles. The fourth-order valence-electron chi connectivity index (χ4n) is 1.75. The summed E-state index contributed by atoms with van der Waals surface area (Å²) in [4.78, 5) is 14.8. The summed E-state index contributed by atoms with van der Waals surface area (Å²) in [5.74, 6) is 0. The maximum atomic E-state index is 10.7. The van der Waals surface area contributed by atoms with Gasteiger partial charge < -0.3 is 4.74 Å². The van der Waals surface area contributed by atoms with Gasteiger partial charge in [-0.3, -0.25) is 10.1 Å². The summed E-state index contributed by atoms with van der Waals surface area (Å²) in [5.41, 5.74) is 0.921. The molecule has 1 fully saturated rings. The Hall–Kier alpha value is -0.870. The van der Waals surface area contributed by atoms with E-state index in [1.807, 2.05) is 0 Å². The molecule has 0 spiro atoms. The Bertz CT molecular complexity index is 628. The van der Waals surface area contributed by atoms with Gasteiger partial charge in [-0.15, -0.1) is 11.3 Å². The Balaban J connectivity index is 1.70. The van der Waals surface area contributed by atoms with Crippen molar-refractivity contribution < 1.29 is 9.66 Å². The second-order valence-corrected chi connectivity index (χ2v) is 7.54. The van der Waals surface area contributed by atoms with Crippen molar-refractivity contribution in [1.82, 2.24) is 9.29 Å². The predicted octanol–water partition coefficient (Wildman–Crippen LogP) is 3.19. The topological polar surface area (TPSA) is 68.5 Å². The highest BCUT2D eigenvalue weighted by Gasteiger charge is 2.14. The van der Waals surface area contributed by atoms with Crippen LogP contribution in [0.5, 0.6) is 0 Å². The number of morpholine rings is 1. The van der Waals surface area contributed by atoms with Crippen LogP contribution in [0.2, 0.25) is 0 Å². The standard InChI is InChI=1S/C11H11N3O3S3/c15-14(16)8-1-2-9-10(7-8)18-11(12-9)19-20-13-3-5-17-6-4-13/h1-2,7H,3-6H2. The molecule has 106 valence electrons. The smallest absolute Gasteiger partial charge is 0.270 e. The molecule has 1 aromatic heterocycles. The van der Waals surface area contributed by atoms with Crippen LogP contribution in [0.4, 0.5) is 5.69 Å². The Morgan fingerprint density at radius 1 is 1.40 bits per heavy atom. The van der Waals surface area contributed by atoms with Crippen LogP contribution in [-0.2, 0) is 4.74 Å². The number of benzene rings is 1. The second kappa shape index (κ2) is 6.27. The summed E-state index contributed by atoms with van der Waals surface area (Å²) < 4.78 is 9.30. The molecule has 20 heavy (non-hydrogen) atoms. The van der Waals surface area contributed by atoms with E-state index in [-0.39, 0.29) is 10.6 Å². The quantitative estimate of drug-likeness (QED) is 0.369. The zero-order valence-electron chi connectivity index (χ0n) is 10.4. The summed E-state index contributed by atoms with van der Waals surface area (Å²) in [6.45, 7) is 3.35. The number of aromatic nitrogens is 1. The van der Waals surface area contributed by atoms with Crippen LogP contribution in [0.25, 0.3) is 10.2 Å². The van der Waals surface area contributed by atoms with Crippen molar-refractivity contribution in [2.75, 3.05) is 26.3 Å². The monoisotopic (exact) mass is 329 g/mol. The molecule has 1 aromatic carbocycles. The number of nitro groups is 1. The average molecular weight is 329 g/mol. The van der Waals surface area contributed by atoms with Gasteiger partial charge in [0.1, 0.15) is 0 Å². The molecule has 0 unspecified atom stereocenters. The molecule has 0 amide bonds. The lowest BCUT2D eigenvalue weighted by Gasteiger charge is -2.23. The maximum Gasteiger partial charge on any atom is 0.270 e. The molecular formula is C11H11N3O3S3. The molecule has 1 aliphatic heterocycles. The molecule has 0 radical (unpaired) electrons. The Kier molecular flexibility index (Phi) is 4.41. The van der Waals surface area contributed by atoms with Crippen LogP contribution in [0.1, 0.15) is 0 Å². The van der Waals surface area contributed by atoms with Crippen LogP contribution in [0, 0.1) is 10.1 Å². The Morgan fingerprint density at radius 2 is 2.20 bits per heavy atom. The first kappa shape index (κ1) is 14.1. The summed E-state index contributed by atoms with van der Waals surface area (Å²) in [6.07, 6.45) is 0. The lowest BCUT2D eigenvalue weighted by Crippen LogP contribution is -2.30. The third-order valence-corrected chi connectivity index (χ3v) is 6.59. The average Bonchev–Trinajstić information content (AvgIpc) is 2.88. The van der Waals surface area contributed by atoms with Gasteiger partial charge in [0.15, 0.2) is 4.34 Å². The van der Waals surface area contributed by atoms with Gasteiger partial charge in [-0.2, -0.15) is 0 Å². The van der Waals surface area contributed by atoms with Crippen LogP contribution < -0.4 is 0 Å². The van der Waals surface area contributed by atoms with Gasteiger partial charge in [0.2, 0.25) is 0 Å². The van der Waals surface area contributed by atoms with Crippen LogP contribution in [0.15, 0.2) is 22.5 Å². The highest BCUT2D eigenvalue weighted by atomic mass is 33.1. The first-order chi connectivity index (χ1) is 9.72. The lowest BCUT2D eigenvalue weighted by atomic mass is 10.3. The lowest BCUT2D eigenvalue weighted by molar-refractivity contribution is -0.384. The third kappa shape index (κ3) is 3.23. The number of thiazole rings is 1. The van der Waals surface area contributed by atoms with Gasteiger partial charge in [-0.1, -0.05) is 0 Å². The van der Waals surface area contributed by atoms with Crippen molar-refractivity contribution in [3.05, 3.63) is 28.3 Å². The summed E-state index contributed by atoms with van der Waals surface area (Å²) in [7, 11) is 3.25. The largest absolute Gasteiger partial charge is 0.379 e. The van der Waals surface area contributed by atoms with Gasteiger partial charge in [0.25, 0.3) is 5.69 Å². The highest BCUT2D eigenvalue weighted by Crippen LogP contribution is 2.39. The van der Waals surface area contributed by atoms with E-state index in [9.17, 15) is 10.1 Å². The summed E-state index contributed by atoms with van der Waals surface area (Å²) in [6, 6.07) is 4.77. The molecule has 1 saturated heterocycles. The van der Waals surface area contributed by atoms with Crippen molar-refractivity contribution in [3.8, 4) is 0 Å². The molecule has 0 bridgehead atoms. The minimum Gasteiger partial charge on any atom is -0.379 e. The Morgan fingerprint density at radius 3 is 2.95 bits per heavy atom. The zero-order valence-corrected chi connectivity index (χ0v) is 12.8.